The number of nitrogen functional groups attached to an aromatic ring is 1. The molecule has 2 aromatic heterocycles. The van der Waals surface area contributed by atoms with Crippen molar-refractivity contribution in [2.45, 2.75) is 39.8 Å². The molecular weight excluding hydrogens is 284 g/mol. The van der Waals surface area contributed by atoms with E-state index < -0.39 is 0 Å². The van der Waals surface area contributed by atoms with E-state index in [1.807, 2.05) is 0 Å². The van der Waals surface area contributed by atoms with Crippen molar-refractivity contribution in [2.75, 3.05) is 25.4 Å². The quantitative estimate of drug-likeness (QED) is 0.923. The van der Waals surface area contributed by atoms with Crippen LogP contribution in [0.25, 0.3) is 10.2 Å². The van der Waals surface area contributed by atoms with Gasteiger partial charge in [-0.05, 0) is 32.8 Å². The van der Waals surface area contributed by atoms with Crippen LogP contribution in [0.3, 0.4) is 0 Å². The number of nitrogens with zero attached hydrogens (tertiary/aromatic N) is 3. The van der Waals surface area contributed by atoms with Gasteiger partial charge < -0.3 is 10.5 Å². The molecule has 0 spiro atoms. The number of fused-ring (bicyclic) bond motifs is 1. The Hall–Kier alpha value is -1.24. The van der Waals surface area contributed by atoms with Crippen molar-refractivity contribution in [1.29, 1.82) is 0 Å². The lowest BCUT2D eigenvalue weighted by atomic mass is 10.2. The van der Waals surface area contributed by atoms with Gasteiger partial charge in [0.2, 0.25) is 0 Å². The summed E-state index contributed by atoms with van der Waals surface area (Å²) in [5.41, 5.74) is 7.35. The van der Waals surface area contributed by atoms with E-state index in [0.717, 1.165) is 48.7 Å². The summed E-state index contributed by atoms with van der Waals surface area (Å²) in [6.45, 7) is 9.82. The lowest BCUT2D eigenvalue weighted by Gasteiger charge is -2.20. The van der Waals surface area contributed by atoms with Crippen LogP contribution < -0.4 is 5.73 Å². The number of thiophene rings is 1. The maximum atomic E-state index is 6.15. The van der Waals surface area contributed by atoms with E-state index in [2.05, 4.69) is 30.7 Å². The molecule has 3 heterocycles. The molecule has 5 nitrogen and oxygen atoms in total. The normalized spacial score (nSPS) is 20.8. The number of ether oxygens (including phenoxy) is 1. The summed E-state index contributed by atoms with van der Waals surface area (Å²) in [5, 5.41) is 1.02. The Morgan fingerprint density at radius 1 is 1.38 bits per heavy atom. The highest BCUT2D eigenvalue weighted by atomic mass is 32.1. The van der Waals surface area contributed by atoms with Gasteiger partial charge in [-0.25, -0.2) is 9.97 Å². The molecule has 6 heteroatoms. The van der Waals surface area contributed by atoms with E-state index in [1.54, 1.807) is 11.3 Å². The topological polar surface area (TPSA) is 64.3 Å². The van der Waals surface area contributed by atoms with Gasteiger partial charge in [-0.15, -0.1) is 11.3 Å². The molecule has 0 saturated carbocycles. The molecule has 1 unspecified atom stereocenters. The number of aryl methyl sites for hydroxylation is 2. The number of hydrogen-bond acceptors (Lipinski definition) is 6. The van der Waals surface area contributed by atoms with Crippen LogP contribution in [-0.2, 0) is 11.3 Å². The molecule has 1 aliphatic heterocycles. The average Bonchev–Trinajstić information content (AvgIpc) is 2.58. The molecule has 3 rings (SSSR count). The number of nitrogens with two attached hydrogens (primary N) is 1. The zero-order chi connectivity index (χ0) is 15.0. The molecule has 2 aromatic rings. The second-order valence-corrected chi connectivity index (χ2v) is 6.96. The SMILES string of the molecule is Cc1sc2nc(CN3CCCOC(C)C3)nc(N)c2c1C. The second-order valence-electron chi connectivity index (χ2n) is 5.76. The first-order chi connectivity index (χ1) is 10.0. The van der Waals surface area contributed by atoms with Crippen molar-refractivity contribution in [3.8, 4) is 0 Å². The fraction of sp³-hybridized carbons (Fsp3) is 0.600. The molecule has 0 radical (unpaired) electrons. The number of anilines is 1. The maximum absolute atomic E-state index is 6.15. The Morgan fingerprint density at radius 3 is 3.00 bits per heavy atom. The van der Waals surface area contributed by atoms with Gasteiger partial charge in [-0.2, -0.15) is 0 Å². The molecule has 1 fully saturated rings. The highest BCUT2D eigenvalue weighted by molar-refractivity contribution is 7.18. The fourth-order valence-corrected chi connectivity index (χ4v) is 3.88. The van der Waals surface area contributed by atoms with Crippen molar-refractivity contribution in [2.24, 2.45) is 0 Å². The Balaban J connectivity index is 1.87. The maximum Gasteiger partial charge on any atom is 0.146 e. The van der Waals surface area contributed by atoms with Gasteiger partial charge in [0, 0.05) is 24.6 Å². The molecule has 0 aliphatic carbocycles. The molecule has 1 atom stereocenters. The van der Waals surface area contributed by atoms with Gasteiger partial charge in [0.25, 0.3) is 0 Å². The van der Waals surface area contributed by atoms with E-state index in [9.17, 15) is 0 Å². The Morgan fingerprint density at radius 2 is 2.19 bits per heavy atom. The van der Waals surface area contributed by atoms with Crippen LogP contribution in [0.1, 0.15) is 29.6 Å². The van der Waals surface area contributed by atoms with Crippen LogP contribution in [0.15, 0.2) is 0 Å². The van der Waals surface area contributed by atoms with Crippen molar-refractivity contribution >= 4 is 27.4 Å². The minimum absolute atomic E-state index is 0.264. The predicted octanol–water partition coefficient (Wildman–Crippen LogP) is 2.50. The third-order valence-corrected chi connectivity index (χ3v) is 5.11. The first-order valence-corrected chi connectivity index (χ1v) is 8.22. The second kappa shape index (κ2) is 5.87. The minimum atomic E-state index is 0.264. The summed E-state index contributed by atoms with van der Waals surface area (Å²) in [7, 11) is 0. The molecule has 0 amide bonds. The molecular formula is C15H22N4OS. The summed E-state index contributed by atoms with van der Waals surface area (Å²) < 4.78 is 5.68. The van der Waals surface area contributed by atoms with Gasteiger partial charge in [0.15, 0.2) is 0 Å². The monoisotopic (exact) mass is 306 g/mol. The molecule has 0 aromatic carbocycles. The van der Waals surface area contributed by atoms with E-state index in [0.29, 0.717) is 5.82 Å². The summed E-state index contributed by atoms with van der Waals surface area (Å²) in [5.74, 6) is 1.42. The molecule has 0 bridgehead atoms. The van der Waals surface area contributed by atoms with Gasteiger partial charge in [0.05, 0.1) is 18.0 Å². The number of rotatable bonds is 2. The summed E-state index contributed by atoms with van der Waals surface area (Å²) in [6.07, 6.45) is 1.32. The minimum Gasteiger partial charge on any atom is -0.383 e. The first kappa shape index (κ1) is 14.7. The van der Waals surface area contributed by atoms with Crippen molar-refractivity contribution in [1.82, 2.24) is 14.9 Å². The molecule has 2 N–H and O–H groups in total. The summed E-state index contributed by atoms with van der Waals surface area (Å²) >= 11 is 1.70. The highest BCUT2D eigenvalue weighted by Crippen LogP contribution is 2.32. The van der Waals surface area contributed by atoms with Gasteiger partial charge in [-0.3, -0.25) is 4.90 Å². The zero-order valence-electron chi connectivity index (χ0n) is 12.8. The fourth-order valence-electron chi connectivity index (χ4n) is 2.82. The molecule has 1 aliphatic rings. The standard InChI is InChI=1S/C15H22N4OS/c1-9-7-19(5-4-6-20-9)8-12-17-14(16)13-10(2)11(3)21-15(13)18-12/h9H,4-8H2,1-3H3,(H2,16,17,18). The van der Waals surface area contributed by atoms with E-state index in [-0.39, 0.29) is 6.10 Å². The Labute approximate surface area is 129 Å². The van der Waals surface area contributed by atoms with Crippen LogP contribution >= 0.6 is 11.3 Å². The number of hydrogen-bond donors (Lipinski definition) is 1. The largest absolute Gasteiger partial charge is 0.383 e. The molecule has 1 saturated heterocycles. The van der Waals surface area contributed by atoms with E-state index in [4.69, 9.17) is 15.5 Å². The lowest BCUT2D eigenvalue weighted by molar-refractivity contribution is 0.0665. The molecule has 21 heavy (non-hydrogen) atoms. The van der Waals surface area contributed by atoms with Gasteiger partial charge >= 0.3 is 0 Å². The van der Waals surface area contributed by atoms with Gasteiger partial charge in [0.1, 0.15) is 16.5 Å². The Bertz CT molecular complexity index is 655. The predicted molar refractivity (Wildman–Crippen MR) is 86.6 cm³/mol. The zero-order valence-corrected chi connectivity index (χ0v) is 13.7. The van der Waals surface area contributed by atoms with Crippen LogP contribution in [0.4, 0.5) is 5.82 Å². The third kappa shape index (κ3) is 3.02. The summed E-state index contributed by atoms with van der Waals surface area (Å²) in [6, 6.07) is 0. The van der Waals surface area contributed by atoms with Crippen molar-refractivity contribution < 1.29 is 4.74 Å². The van der Waals surface area contributed by atoms with Crippen LogP contribution in [0.5, 0.6) is 0 Å². The van der Waals surface area contributed by atoms with E-state index >= 15 is 0 Å². The van der Waals surface area contributed by atoms with Crippen LogP contribution in [0.2, 0.25) is 0 Å². The van der Waals surface area contributed by atoms with Gasteiger partial charge in [-0.1, -0.05) is 0 Å². The van der Waals surface area contributed by atoms with Crippen molar-refractivity contribution in [3.05, 3.63) is 16.3 Å². The third-order valence-electron chi connectivity index (χ3n) is 4.00. The number of aromatic nitrogens is 2. The van der Waals surface area contributed by atoms with E-state index in [1.165, 1.54) is 10.4 Å². The first-order valence-electron chi connectivity index (χ1n) is 7.40. The summed E-state index contributed by atoms with van der Waals surface area (Å²) in [4.78, 5) is 13.9. The van der Waals surface area contributed by atoms with Crippen molar-refractivity contribution in [3.63, 3.8) is 0 Å². The average molecular weight is 306 g/mol. The molecule has 114 valence electrons. The van der Waals surface area contributed by atoms with Crippen LogP contribution in [-0.4, -0.2) is 40.7 Å². The van der Waals surface area contributed by atoms with Crippen LogP contribution in [0, 0.1) is 13.8 Å². The smallest absolute Gasteiger partial charge is 0.146 e. The Kier molecular flexibility index (Phi) is 4.10. The highest BCUT2D eigenvalue weighted by Gasteiger charge is 2.18. The lowest BCUT2D eigenvalue weighted by Crippen LogP contribution is -2.30.